The molecule has 0 spiro atoms. The van der Waals surface area contributed by atoms with Crippen molar-refractivity contribution in [1.29, 1.82) is 5.26 Å². The maximum atomic E-state index is 9.48. The first-order chi connectivity index (χ1) is 8.90. The minimum atomic E-state index is -0.161. The highest BCUT2D eigenvalue weighted by atomic mass is 15.2. The van der Waals surface area contributed by atoms with Crippen molar-refractivity contribution >= 4 is 10.8 Å². The molecule has 1 fully saturated rings. The Morgan fingerprint density at radius 2 is 1.94 bits per heavy atom. The molecule has 0 amide bonds. The second-order valence-corrected chi connectivity index (χ2v) is 4.72. The quantitative estimate of drug-likeness (QED) is 0.806. The summed E-state index contributed by atoms with van der Waals surface area (Å²) in [5.41, 5.74) is 1.04. The molecular formula is C15H15N3. The van der Waals surface area contributed by atoms with Crippen LogP contribution in [0.25, 0.3) is 10.8 Å². The van der Waals surface area contributed by atoms with Gasteiger partial charge in [-0.3, -0.25) is 9.88 Å². The van der Waals surface area contributed by atoms with Crippen LogP contribution in [0.4, 0.5) is 0 Å². The van der Waals surface area contributed by atoms with E-state index in [1.807, 2.05) is 30.6 Å². The summed E-state index contributed by atoms with van der Waals surface area (Å²) >= 11 is 0. The van der Waals surface area contributed by atoms with Gasteiger partial charge in [-0.25, -0.2) is 0 Å². The smallest absolute Gasteiger partial charge is 0.125 e. The van der Waals surface area contributed by atoms with Gasteiger partial charge in [0.25, 0.3) is 0 Å². The number of pyridine rings is 1. The Hall–Kier alpha value is -1.92. The summed E-state index contributed by atoms with van der Waals surface area (Å²) in [6.07, 6.45) is 6.08. The van der Waals surface area contributed by atoms with E-state index in [0.717, 1.165) is 29.4 Å². The first-order valence-corrected chi connectivity index (χ1v) is 6.36. The molecule has 2 heterocycles. The second-order valence-electron chi connectivity index (χ2n) is 4.72. The average molecular weight is 237 g/mol. The third-order valence-electron chi connectivity index (χ3n) is 3.62. The van der Waals surface area contributed by atoms with E-state index in [1.54, 1.807) is 0 Å². The zero-order chi connectivity index (χ0) is 12.4. The monoisotopic (exact) mass is 237 g/mol. The SMILES string of the molecule is N#CC(c1cncc2ccccc12)N1CCCC1. The molecule has 1 aliphatic rings. The van der Waals surface area contributed by atoms with Crippen LogP contribution in [0, 0.1) is 11.3 Å². The molecule has 0 bridgehead atoms. The van der Waals surface area contributed by atoms with Gasteiger partial charge in [0, 0.05) is 23.3 Å². The summed E-state index contributed by atoms with van der Waals surface area (Å²) in [7, 11) is 0. The lowest BCUT2D eigenvalue weighted by Crippen LogP contribution is -2.24. The van der Waals surface area contributed by atoms with Gasteiger partial charge >= 0.3 is 0 Å². The van der Waals surface area contributed by atoms with Crippen molar-refractivity contribution in [2.24, 2.45) is 0 Å². The minimum Gasteiger partial charge on any atom is -0.284 e. The van der Waals surface area contributed by atoms with Crippen molar-refractivity contribution in [3.05, 3.63) is 42.2 Å². The molecule has 0 radical (unpaired) electrons. The van der Waals surface area contributed by atoms with Gasteiger partial charge in [-0.15, -0.1) is 0 Å². The van der Waals surface area contributed by atoms with Crippen LogP contribution in [0.5, 0.6) is 0 Å². The van der Waals surface area contributed by atoms with Gasteiger partial charge in [-0.05, 0) is 31.3 Å². The number of rotatable bonds is 2. The van der Waals surface area contributed by atoms with Gasteiger partial charge in [0.05, 0.1) is 6.07 Å². The highest BCUT2D eigenvalue weighted by Gasteiger charge is 2.24. The lowest BCUT2D eigenvalue weighted by molar-refractivity contribution is 0.295. The summed E-state index contributed by atoms with van der Waals surface area (Å²) < 4.78 is 0. The van der Waals surface area contributed by atoms with E-state index in [9.17, 15) is 5.26 Å². The van der Waals surface area contributed by atoms with E-state index in [1.165, 1.54) is 12.8 Å². The number of likely N-dealkylation sites (tertiary alicyclic amines) is 1. The Kier molecular flexibility index (Phi) is 2.95. The molecule has 1 saturated heterocycles. The zero-order valence-electron chi connectivity index (χ0n) is 10.2. The molecule has 1 aromatic heterocycles. The number of nitriles is 1. The van der Waals surface area contributed by atoms with Crippen LogP contribution in [-0.2, 0) is 0 Å². The molecule has 3 heteroatoms. The third-order valence-corrected chi connectivity index (χ3v) is 3.62. The van der Waals surface area contributed by atoms with Crippen LogP contribution in [0.2, 0.25) is 0 Å². The fourth-order valence-corrected chi connectivity index (χ4v) is 2.71. The number of aromatic nitrogens is 1. The van der Waals surface area contributed by atoms with Crippen molar-refractivity contribution in [3.8, 4) is 6.07 Å². The van der Waals surface area contributed by atoms with Crippen molar-refractivity contribution in [2.45, 2.75) is 18.9 Å². The normalized spacial score (nSPS) is 17.7. The molecule has 1 aliphatic heterocycles. The Morgan fingerprint density at radius 1 is 1.17 bits per heavy atom. The largest absolute Gasteiger partial charge is 0.284 e. The average Bonchev–Trinajstić information content (AvgIpc) is 2.94. The molecule has 1 unspecified atom stereocenters. The predicted molar refractivity (Wildman–Crippen MR) is 70.9 cm³/mol. The van der Waals surface area contributed by atoms with Crippen molar-refractivity contribution in [1.82, 2.24) is 9.88 Å². The van der Waals surface area contributed by atoms with Gasteiger partial charge < -0.3 is 0 Å². The molecule has 1 atom stereocenters. The molecule has 18 heavy (non-hydrogen) atoms. The molecule has 0 saturated carbocycles. The lowest BCUT2D eigenvalue weighted by Gasteiger charge is -2.22. The van der Waals surface area contributed by atoms with Crippen molar-refractivity contribution in [3.63, 3.8) is 0 Å². The van der Waals surface area contributed by atoms with Gasteiger partial charge in [0.1, 0.15) is 6.04 Å². The Bertz CT molecular complexity index is 589. The fraction of sp³-hybridized carbons (Fsp3) is 0.333. The van der Waals surface area contributed by atoms with Crippen LogP contribution in [0.15, 0.2) is 36.7 Å². The Labute approximate surface area is 107 Å². The maximum absolute atomic E-state index is 9.48. The van der Waals surface area contributed by atoms with Crippen LogP contribution >= 0.6 is 0 Å². The summed E-state index contributed by atoms with van der Waals surface area (Å²) in [4.78, 5) is 6.53. The van der Waals surface area contributed by atoms with E-state index in [2.05, 4.69) is 22.0 Å². The van der Waals surface area contributed by atoms with Gasteiger partial charge in [-0.2, -0.15) is 5.26 Å². The van der Waals surface area contributed by atoms with E-state index in [4.69, 9.17) is 0 Å². The maximum Gasteiger partial charge on any atom is 0.125 e. The number of hydrogen-bond donors (Lipinski definition) is 0. The van der Waals surface area contributed by atoms with E-state index in [-0.39, 0.29) is 6.04 Å². The number of nitrogens with zero attached hydrogens (tertiary/aromatic N) is 3. The third kappa shape index (κ3) is 1.85. The number of benzene rings is 1. The predicted octanol–water partition coefficient (Wildman–Crippen LogP) is 2.90. The summed E-state index contributed by atoms with van der Waals surface area (Å²) in [5, 5.41) is 11.7. The van der Waals surface area contributed by atoms with Crippen molar-refractivity contribution < 1.29 is 0 Å². The highest BCUT2D eigenvalue weighted by Crippen LogP contribution is 2.29. The minimum absolute atomic E-state index is 0.161. The van der Waals surface area contributed by atoms with Crippen LogP contribution in [0.3, 0.4) is 0 Å². The molecule has 3 nitrogen and oxygen atoms in total. The summed E-state index contributed by atoms with van der Waals surface area (Å²) in [6.45, 7) is 2.03. The Morgan fingerprint density at radius 3 is 2.72 bits per heavy atom. The van der Waals surface area contributed by atoms with Gasteiger partial charge in [0.2, 0.25) is 0 Å². The zero-order valence-corrected chi connectivity index (χ0v) is 10.2. The Balaban J connectivity index is 2.09. The lowest BCUT2D eigenvalue weighted by atomic mass is 10.0. The molecule has 0 aliphatic carbocycles. The highest BCUT2D eigenvalue weighted by molar-refractivity contribution is 5.85. The second kappa shape index (κ2) is 4.75. The van der Waals surface area contributed by atoms with E-state index in [0.29, 0.717) is 0 Å². The molecule has 2 aromatic rings. The number of hydrogen-bond acceptors (Lipinski definition) is 3. The molecule has 3 rings (SSSR count). The molecular weight excluding hydrogens is 222 g/mol. The molecule has 90 valence electrons. The summed E-state index contributed by atoms with van der Waals surface area (Å²) in [5.74, 6) is 0. The van der Waals surface area contributed by atoms with E-state index >= 15 is 0 Å². The van der Waals surface area contributed by atoms with Crippen molar-refractivity contribution in [2.75, 3.05) is 13.1 Å². The van der Waals surface area contributed by atoms with Crippen LogP contribution in [-0.4, -0.2) is 23.0 Å². The van der Waals surface area contributed by atoms with Crippen LogP contribution < -0.4 is 0 Å². The van der Waals surface area contributed by atoms with Gasteiger partial charge in [0.15, 0.2) is 0 Å². The topological polar surface area (TPSA) is 39.9 Å². The number of fused-ring (bicyclic) bond motifs is 1. The standard InChI is InChI=1S/C15H15N3/c16-9-15(18-7-3-4-8-18)14-11-17-10-12-5-1-2-6-13(12)14/h1-2,5-6,10-11,15H,3-4,7-8H2. The fourth-order valence-electron chi connectivity index (χ4n) is 2.71. The molecule has 0 N–H and O–H groups in total. The van der Waals surface area contributed by atoms with E-state index < -0.39 is 0 Å². The summed E-state index contributed by atoms with van der Waals surface area (Å²) in [6, 6.07) is 10.4. The van der Waals surface area contributed by atoms with Gasteiger partial charge in [-0.1, -0.05) is 24.3 Å². The molecule has 1 aromatic carbocycles. The first-order valence-electron chi connectivity index (χ1n) is 6.36. The first kappa shape index (κ1) is 11.2. The van der Waals surface area contributed by atoms with Crippen LogP contribution in [0.1, 0.15) is 24.4 Å².